The Hall–Kier alpha value is -1.46. The van der Waals surface area contributed by atoms with E-state index >= 15 is 0 Å². The molecule has 17 heavy (non-hydrogen) atoms. The SMILES string of the molecule is C=CSc1c(C=C)[nH]c(NCCCN)cc1=O. The number of nitrogens with one attached hydrogen (secondary N) is 2. The molecule has 0 unspecified atom stereocenters. The van der Waals surface area contributed by atoms with Gasteiger partial charge in [0.15, 0.2) is 5.43 Å². The predicted octanol–water partition coefficient (Wildman–Crippen LogP) is 2.01. The lowest BCUT2D eigenvalue weighted by atomic mass is 10.3. The predicted molar refractivity (Wildman–Crippen MR) is 75.4 cm³/mol. The minimum absolute atomic E-state index is 0.0428. The van der Waals surface area contributed by atoms with E-state index in [2.05, 4.69) is 23.5 Å². The zero-order valence-corrected chi connectivity index (χ0v) is 10.5. The summed E-state index contributed by atoms with van der Waals surface area (Å²) in [4.78, 5) is 15.6. The van der Waals surface area contributed by atoms with E-state index in [9.17, 15) is 4.79 Å². The van der Waals surface area contributed by atoms with Gasteiger partial charge in [-0.3, -0.25) is 4.79 Å². The van der Waals surface area contributed by atoms with Gasteiger partial charge in [-0.1, -0.05) is 24.9 Å². The van der Waals surface area contributed by atoms with Crippen molar-refractivity contribution in [2.75, 3.05) is 18.4 Å². The Bertz CT molecular complexity index is 454. The highest BCUT2D eigenvalue weighted by Crippen LogP contribution is 2.20. The van der Waals surface area contributed by atoms with Crippen LogP contribution in [-0.4, -0.2) is 18.1 Å². The first-order valence-corrected chi connectivity index (χ1v) is 6.22. The fourth-order valence-electron chi connectivity index (χ4n) is 1.34. The molecule has 92 valence electrons. The van der Waals surface area contributed by atoms with Crippen molar-refractivity contribution in [3.8, 4) is 0 Å². The van der Waals surface area contributed by atoms with Gasteiger partial charge in [-0.25, -0.2) is 0 Å². The van der Waals surface area contributed by atoms with Gasteiger partial charge in [0.2, 0.25) is 0 Å². The summed E-state index contributed by atoms with van der Waals surface area (Å²) in [5, 5.41) is 4.74. The molecule has 0 amide bonds. The first-order chi connectivity index (χ1) is 8.22. The van der Waals surface area contributed by atoms with Crippen LogP contribution in [0, 0.1) is 0 Å². The van der Waals surface area contributed by atoms with E-state index < -0.39 is 0 Å². The Morgan fingerprint density at radius 1 is 1.53 bits per heavy atom. The van der Waals surface area contributed by atoms with Crippen LogP contribution in [0.5, 0.6) is 0 Å². The van der Waals surface area contributed by atoms with E-state index in [0.29, 0.717) is 23.0 Å². The average Bonchev–Trinajstić information content (AvgIpc) is 2.32. The van der Waals surface area contributed by atoms with Crippen molar-refractivity contribution in [3.05, 3.63) is 40.5 Å². The van der Waals surface area contributed by atoms with Crippen molar-refractivity contribution in [3.63, 3.8) is 0 Å². The highest BCUT2D eigenvalue weighted by Gasteiger charge is 2.06. The molecule has 0 saturated heterocycles. The van der Waals surface area contributed by atoms with Gasteiger partial charge in [0, 0.05) is 12.6 Å². The third-order valence-corrected chi connectivity index (χ3v) is 2.94. The van der Waals surface area contributed by atoms with Crippen LogP contribution in [0.25, 0.3) is 6.08 Å². The largest absolute Gasteiger partial charge is 0.371 e. The summed E-state index contributed by atoms with van der Waals surface area (Å²) in [6.07, 6.45) is 2.48. The van der Waals surface area contributed by atoms with Crippen LogP contribution < -0.4 is 16.5 Å². The molecule has 4 nitrogen and oxygen atoms in total. The molecule has 1 aromatic heterocycles. The van der Waals surface area contributed by atoms with Gasteiger partial charge < -0.3 is 16.0 Å². The second-order valence-electron chi connectivity index (χ2n) is 3.35. The molecular weight excluding hydrogens is 234 g/mol. The van der Waals surface area contributed by atoms with Gasteiger partial charge in [0.1, 0.15) is 5.82 Å². The Kier molecular flexibility index (Phi) is 5.59. The minimum atomic E-state index is -0.0428. The molecule has 4 N–H and O–H groups in total. The molecular formula is C12H17N3OS. The van der Waals surface area contributed by atoms with E-state index in [0.717, 1.165) is 13.0 Å². The van der Waals surface area contributed by atoms with Crippen LogP contribution >= 0.6 is 11.8 Å². The van der Waals surface area contributed by atoms with Crippen LogP contribution in [0.3, 0.4) is 0 Å². The molecule has 0 aliphatic rings. The normalized spacial score (nSPS) is 9.94. The number of thioether (sulfide) groups is 1. The van der Waals surface area contributed by atoms with Crippen LogP contribution in [0.1, 0.15) is 12.1 Å². The van der Waals surface area contributed by atoms with Crippen molar-refractivity contribution >= 4 is 23.7 Å². The lowest BCUT2D eigenvalue weighted by Gasteiger charge is -2.09. The van der Waals surface area contributed by atoms with Gasteiger partial charge in [0.25, 0.3) is 0 Å². The quantitative estimate of drug-likeness (QED) is 0.512. The summed E-state index contributed by atoms with van der Waals surface area (Å²) in [6.45, 7) is 8.64. The fourth-order valence-corrected chi connectivity index (χ4v) is 1.94. The van der Waals surface area contributed by atoms with E-state index in [4.69, 9.17) is 5.73 Å². The molecule has 0 bridgehead atoms. The van der Waals surface area contributed by atoms with Crippen LogP contribution in [0.2, 0.25) is 0 Å². The van der Waals surface area contributed by atoms with Crippen LogP contribution in [-0.2, 0) is 0 Å². The molecule has 1 heterocycles. The zero-order chi connectivity index (χ0) is 12.7. The molecule has 0 aliphatic carbocycles. The minimum Gasteiger partial charge on any atom is -0.371 e. The zero-order valence-electron chi connectivity index (χ0n) is 9.66. The number of aromatic nitrogens is 1. The molecule has 0 radical (unpaired) electrons. The van der Waals surface area contributed by atoms with E-state index in [1.165, 1.54) is 17.8 Å². The third kappa shape index (κ3) is 3.80. The van der Waals surface area contributed by atoms with Gasteiger partial charge in [-0.2, -0.15) is 0 Å². The lowest BCUT2D eigenvalue weighted by molar-refractivity contribution is 0.869. The number of hydrogen-bond donors (Lipinski definition) is 3. The summed E-state index contributed by atoms with van der Waals surface area (Å²) in [5.41, 5.74) is 6.06. The van der Waals surface area contributed by atoms with Gasteiger partial charge >= 0.3 is 0 Å². The fraction of sp³-hybridized carbons (Fsp3) is 0.250. The first-order valence-electron chi connectivity index (χ1n) is 5.34. The monoisotopic (exact) mass is 251 g/mol. The van der Waals surface area contributed by atoms with E-state index in [1.807, 2.05) is 0 Å². The molecule has 0 saturated carbocycles. The first kappa shape index (κ1) is 13.6. The molecule has 0 fully saturated rings. The highest BCUT2D eigenvalue weighted by molar-refractivity contribution is 8.02. The maximum absolute atomic E-state index is 11.8. The summed E-state index contributed by atoms with van der Waals surface area (Å²) >= 11 is 1.29. The maximum atomic E-state index is 11.8. The lowest BCUT2D eigenvalue weighted by Crippen LogP contribution is -2.13. The van der Waals surface area contributed by atoms with E-state index in [-0.39, 0.29) is 5.43 Å². The van der Waals surface area contributed by atoms with Crippen molar-refractivity contribution < 1.29 is 0 Å². The topological polar surface area (TPSA) is 70.9 Å². The Labute approximate surface area is 105 Å². The van der Waals surface area contributed by atoms with Crippen LogP contribution in [0.4, 0.5) is 5.82 Å². The second-order valence-corrected chi connectivity index (χ2v) is 4.32. The summed E-state index contributed by atoms with van der Waals surface area (Å²) in [5.74, 6) is 0.687. The maximum Gasteiger partial charge on any atom is 0.198 e. The number of aromatic amines is 1. The molecule has 0 spiro atoms. The summed E-state index contributed by atoms with van der Waals surface area (Å²) in [7, 11) is 0. The number of anilines is 1. The Morgan fingerprint density at radius 2 is 2.29 bits per heavy atom. The second kappa shape index (κ2) is 6.98. The molecule has 0 aromatic carbocycles. The number of hydrogen-bond acceptors (Lipinski definition) is 4. The number of pyridine rings is 1. The Balaban J connectivity index is 2.96. The average molecular weight is 251 g/mol. The molecule has 0 aliphatic heterocycles. The van der Waals surface area contributed by atoms with Crippen molar-refractivity contribution in [2.45, 2.75) is 11.3 Å². The number of rotatable bonds is 7. The third-order valence-electron chi connectivity index (χ3n) is 2.11. The van der Waals surface area contributed by atoms with Crippen molar-refractivity contribution in [1.82, 2.24) is 4.98 Å². The molecule has 0 atom stereocenters. The summed E-state index contributed by atoms with van der Waals surface area (Å²) in [6, 6.07) is 1.54. The van der Waals surface area contributed by atoms with Gasteiger partial charge in [-0.15, -0.1) is 0 Å². The summed E-state index contributed by atoms with van der Waals surface area (Å²) < 4.78 is 0. The number of H-pyrrole nitrogens is 1. The molecule has 5 heteroatoms. The molecule has 1 rings (SSSR count). The van der Waals surface area contributed by atoms with Gasteiger partial charge in [0.05, 0.1) is 10.6 Å². The highest BCUT2D eigenvalue weighted by atomic mass is 32.2. The van der Waals surface area contributed by atoms with Crippen LogP contribution in [0.15, 0.2) is 34.3 Å². The van der Waals surface area contributed by atoms with Crippen molar-refractivity contribution in [2.24, 2.45) is 5.73 Å². The van der Waals surface area contributed by atoms with Gasteiger partial charge in [-0.05, 0) is 24.4 Å². The van der Waals surface area contributed by atoms with Crippen molar-refractivity contribution in [1.29, 1.82) is 0 Å². The van der Waals surface area contributed by atoms with E-state index in [1.54, 1.807) is 11.5 Å². The smallest absolute Gasteiger partial charge is 0.198 e. The standard InChI is InChI=1S/C12H17N3OS/c1-3-9-12(17-4-2)10(16)8-11(15-9)14-7-5-6-13/h3-4,8H,1-2,5-7,13H2,(H2,14,15,16). The molecule has 1 aromatic rings. The number of nitrogens with two attached hydrogens (primary N) is 1. The Morgan fingerprint density at radius 3 is 2.88 bits per heavy atom.